The van der Waals surface area contributed by atoms with Gasteiger partial charge in [0.05, 0.1) is 5.69 Å². The molecule has 0 unspecified atom stereocenters. The number of nitrogens with one attached hydrogen (secondary N) is 2. The number of anilines is 1. The smallest absolute Gasteiger partial charge is 0.291 e. The summed E-state index contributed by atoms with van der Waals surface area (Å²) in [5.74, 6) is -1.27. The first-order chi connectivity index (χ1) is 12.2. The fourth-order valence-corrected chi connectivity index (χ4v) is 3.90. The van der Waals surface area contributed by atoms with Crippen molar-refractivity contribution in [2.75, 3.05) is 26.0 Å². The van der Waals surface area contributed by atoms with Crippen LogP contribution in [-0.4, -0.2) is 39.3 Å². The molecule has 1 aromatic heterocycles. The molecule has 2 heterocycles. The van der Waals surface area contributed by atoms with E-state index in [9.17, 15) is 17.6 Å². The van der Waals surface area contributed by atoms with Crippen LogP contribution in [0.25, 0.3) is 0 Å². The number of aryl methyl sites for hydroxylation is 1. The molecular weight excluding hydrogens is 397 g/mol. The number of hydrogen-bond acceptors (Lipinski definition) is 5. The van der Waals surface area contributed by atoms with Crippen LogP contribution in [0.15, 0.2) is 27.5 Å². The lowest BCUT2D eigenvalue weighted by molar-refractivity contribution is 0.0995. The average molecular weight is 418 g/mol. The molecule has 0 saturated heterocycles. The summed E-state index contributed by atoms with van der Waals surface area (Å²) in [5, 5.41) is 5.62. The summed E-state index contributed by atoms with van der Waals surface area (Å²) in [7, 11) is -0.959. The summed E-state index contributed by atoms with van der Waals surface area (Å²) in [4.78, 5) is 12.3. The van der Waals surface area contributed by atoms with Crippen molar-refractivity contribution in [1.82, 2.24) is 9.62 Å². The summed E-state index contributed by atoms with van der Waals surface area (Å²) in [6, 6.07) is 4.40. The molecule has 27 heavy (non-hydrogen) atoms. The molecule has 1 aliphatic heterocycles. The first-order valence-electron chi connectivity index (χ1n) is 8.07. The molecule has 0 radical (unpaired) electrons. The average Bonchev–Trinajstić information content (AvgIpc) is 3.00. The summed E-state index contributed by atoms with van der Waals surface area (Å²) in [6.45, 7) is 2.72. The highest BCUT2D eigenvalue weighted by atomic mass is 35.5. The van der Waals surface area contributed by atoms with Gasteiger partial charge in [-0.2, -0.15) is 0 Å². The highest BCUT2D eigenvalue weighted by Gasteiger charge is 2.26. The van der Waals surface area contributed by atoms with E-state index in [2.05, 4.69) is 10.6 Å². The van der Waals surface area contributed by atoms with E-state index in [1.807, 2.05) is 0 Å². The minimum absolute atomic E-state index is 0. The van der Waals surface area contributed by atoms with Gasteiger partial charge in [-0.3, -0.25) is 4.79 Å². The quantitative estimate of drug-likeness (QED) is 0.796. The standard InChI is InChI=1S/C17H20FN3O4S.ClH/c1-10-15(26(23,24)21(2)3)8-14(25-10)17(22)20-13-5-4-11-9-19-7-6-12(11)16(13)18;/h4-5,8,19H,6-7,9H2,1-3H3,(H,20,22);1H. The van der Waals surface area contributed by atoms with Gasteiger partial charge in [0, 0.05) is 26.7 Å². The van der Waals surface area contributed by atoms with Gasteiger partial charge >= 0.3 is 0 Å². The molecule has 148 valence electrons. The van der Waals surface area contributed by atoms with Gasteiger partial charge in [-0.1, -0.05) is 6.07 Å². The van der Waals surface area contributed by atoms with Gasteiger partial charge in [0.1, 0.15) is 16.5 Å². The Kier molecular flexibility index (Phi) is 6.31. The zero-order valence-corrected chi connectivity index (χ0v) is 16.8. The van der Waals surface area contributed by atoms with E-state index in [1.165, 1.54) is 27.1 Å². The van der Waals surface area contributed by atoms with Gasteiger partial charge in [0.15, 0.2) is 5.76 Å². The third-order valence-corrected chi connectivity index (χ3v) is 6.23. The first kappa shape index (κ1) is 21.4. The van der Waals surface area contributed by atoms with Crippen molar-refractivity contribution in [3.8, 4) is 0 Å². The molecule has 0 aliphatic carbocycles. The zero-order chi connectivity index (χ0) is 19.1. The molecule has 3 rings (SSSR count). The number of amides is 1. The van der Waals surface area contributed by atoms with Gasteiger partial charge in [-0.05, 0) is 37.1 Å². The minimum Gasteiger partial charge on any atom is -0.455 e. The largest absolute Gasteiger partial charge is 0.455 e. The number of nitrogens with zero attached hydrogens (tertiary/aromatic N) is 1. The van der Waals surface area contributed by atoms with Crippen LogP contribution in [0.2, 0.25) is 0 Å². The Balaban J connectivity index is 0.00000261. The molecule has 0 saturated carbocycles. The number of rotatable bonds is 4. The Hall–Kier alpha value is -1.94. The Bertz CT molecular complexity index is 973. The van der Waals surface area contributed by atoms with Crippen LogP contribution in [0.5, 0.6) is 0 Å². The number of furan rings is 1. The number of carbonyl (C=O) groups excluding carboxylic acids is 1. The molecule has 10 heteroatoms. The molecular formula is C17H21ClFN3O4S. The Morgan fingerprint density at radius 2 is 2.04 bits per heavy atom. The van der Waals surface area contributed by atoms with Crippen molar-refractivity contribution < 1.29 is 22.0 Å². The van der Waals surface area contributed by atoms with E-state index >= 15 is 0 Å². The number of sulfonamides is 1. The van der Waals surface area contributed by atoms with Crippen LogP contribution >= 0.6 is 12.4 Å². The molecule has 2 N–H and O–H groups in total. The SMILES string of the molecule is Cc1oc(C(=O)Nc2ccc3c(c2F)CCNC3)cc1S(=O)(=O)N(C)C.Cl. The van der Waals surface area contributed by atoms with Crippen molar-refractivity contribution in [2.24, 2.45) is 0 Å². The van der Waals surface area contributed by atoms with Gasteiger partial charge < -0.3 is 15.1 Å². The predicted molar refractivity (Wildman–Crippen MR) is 101 cm³/mol. The van der Waals surface area contributed by atoms with E-state index in [-0.39, 0.29) is 34.5 Å². The summed E-state index contributed by atoms with van der Waals surface area (Å²) >= 11 is 0. The highest BCUT2D eigenvalue weighted by Crippen LogP contribution is 2.26. The number of hydrogen-bond donors (Lipinski definition) is 2. The lowest BCUT2D eigenvalue weighted by Gasteiger charge is -2.19. The second kappa shape index (κ2) is 7.97. The Morgan fingerprint density at radius 3 is 2.70 bits per heavy atom. The molecule has 0 bridgehead atoms. The normalized spacial score (nSPS) is 13.8. The van der Waals surface area contributed by atoms with Crippen LogP contribution in [0.3, 0.4) is 0 Å². The van der Waals surface area contributed by atoms with Crippen molar-refractivity contribution in [3.05, 3.63) is 46.7 Å². The minimum atomic E-state index is -3.73. The maximum absolute atomic E-state index is 14.6. The first-order valence-corrected chi connectivity index (χ1v) is 9.51. The molecule has 0 atom stereocenters. The van der Waals surface area contributed by atoms with E-state index < -0.39 is 21.7 Å². The molecule has 2 aromatic rings. The number of benzene rings is 1. The molecule has 1 aromatic carbocycles. The molecule has 0 fully saturated rings. The van der Waals surface area contributed by atoms with Crippen LogP contribution in [0.1, 0.15) is 27.4 Å². The summed E-state index contributed by atoms with van der Waals surface area (Å²) in [5.41, 5.74) is 1.48. The third-order valence-electron chi connectivity index (χ3n) is 4.31. The Morgan fingerprint density at radius 1 is 1.33 bits per heavy atom. The molecule has 1 amide bonds. The lowest BCUT2D eigenvalue weighted by atomic mass is 9.99. The zero-order valence-electron chi connectivity index (χ0n) is 15.1. The lowest BCUT2D eigenvalue weighted by Crippen LogP contribution is -2.25. The van der Waals surface area contributed by atoms with Gasteiger partial charge in [0.2, 0.25) is 10.0 Å². The number of halogens is 2. The van der Waals surface area contributed by atoms with Crippen molar-refractivity contribution in [1.29, 1.82) is 0 Å². The van der Waals surface area contributed by atoms with Crippen LogP contribution in [-0.2, 0) is 23.0 Å². The number of fused-ring (bicyclic) bond motifs is 1. The van der Waals surface area contributed by atoms with Gasteiger partial charge in [0.25, 0.3) is 5.91 Å². The summed E-state index contributed by atoms with van der Waals surface area (Å²) < 4.78 is 45.4. The highest BCUT2D eigenvalue weighted by molar-refractivity contribution is 7.89. The third kappa shape index (κ3) is 4.01. The predicted octanol–water partition coefficient (Wildman–Crippen LogP) is 2.30. The topological polar surface area (TPSA) is 91.6 Å². The van der Waals surface area contributed by atoms with E-state index in [0.29, 0.717) is 25.1 Å². The fraction of sp³-hybridized carbons (Fsp3) is 0.353. The van der Waals surface area contributed by atoms with E-state index in [0.717, 1.165) is 15.9 Å². The fourth-order valence-electron chi connectivity index (χ4n) is 2.84. The van der Waals surface area contributed by atoms with Crippen molar-refractivity contribution in [2.45, 2.75) is 24.8 Å². The summed E-state index contributed by atoms with van der Waals surface area (Å²) in [6.07, 6.45) is 0.538. The van der Waals surface area contributed by atoms with E-state index in [1.54, 1.807) is 6.07 Å². The maximum Gasteiger partial charge on any atom is 0.291 e. The number of carbonyl (C=O) groups is 1. The van der Waals surface area contributed by atoms with Crippen LogP contribution in [0.4, 0.5) is 10.1 Å². The maximum atomic E-state index is 14.6. The van der Waals surface area contributed by atoms with E-state index in [4.69, 9.17) is 4.42 Å². The monoisotopic (exact) mass is 417 g/mol. The van der Waals surface area contributed by atoms with Crippen molar-refractivity contribution in [3.63, 3.8) is 0 Å². The molecule has 7 nitrogen and oxygen atoms in total. The molecule has 1 aliphatic rings. The van der Waals surface area contributed by atoms with Crippen LogP contribution in [0, 0.1) is 12.7 Å². The van der Waals surface area contributed by atoms with Gasteiger partial charge in [-0.15, -0.1) is 12.4 Å². The van der Waals surface area contributed by atoms with Crippen molar-refractivity contribution >= 4 is 34.0 Å². The Labute approximate surface area is 163 Å². The second-order valence-electron chi connectivity index (χ2n) is 6.26. The van der Waals surface area contributed by atoms with Gasteiger partial charge in [-0.25, -0.2) is 17.1 Å². The second-order valence-corrected chi connectivity index (χ2v) is 8.38. The van der Waals surface area contributed by atoms with Crippen LogP contribution < -0.4 is 10.6 Å². The molecule has 0 spiro atoms.